The van der Waals surface area contributed by atoms with E-state index in [-0.39, 0.29) is 17.2 Å². The largest absolute Gasteiger partial charge is 0.393 e. The summed E-state index contributed by atoms with van der Waals surface area (Å²) in [5.41, 5.74) is 0.568. The zero-order valence-electron chi connectivity index (χ0n) is 9.75. The van der Waals surface area contributed by atoms with Crippen molar-refractivity contribution in [3.8, 4) is 6.07 Å². The van der Waals surface area contributed by atoms with E-state index in [0.717, 1.165) is 5.56 Å². The number of benzene rings is 1. The molecule has 0 radical (unpaired) electrons. The molecule has 90 valence electrons. The Kier molecular flexibility index (Phi) is 4.18. The number of nitrogens with zero attached hydrogens (tertiary/aromatic N) is 2. The summed E-state index contributed by atoms with van der Waals surface area (Å²) in [5, 5.41) is 29.2. The van der Waals surface area contributed by atoms with Crippen LogP contribution in [-0.2, 0) is 0 Å². The summed E-state index contributed by atoms with van der Waals surface area (Å²) in [7, 11) is 0. The number of aliphatic hydroxyl groups excluding tert-OH is 1. The van der Waals surface area contributed by atoms with Gasteiger partial charge >= 0.3 is 0 Å². The van der Waals surface area contributed by atoms with Gasteiger partial charge in [-0.3, -0.25) is 10.1 Å². The van der Waals surface area contributed by atoms with Crippen LogP contribution in [0.25, 0.3) is 0 Å². The fourth-order valence-corrected chi connectivity index (χ4v) is 1.66. The van der Waals surface area contributed by atoms with Crippen LogP contribution in [0.15, 0.2) is 18.2 Å². The highest BCUT2D eigenvalue weighted by atomic mass is 16.6. The van der Waals surface area contributed by atoms with Crippen molar-refractivity contribution in [3.63, 3.8) is 0 Å². The van der Waals surface area contributed by atoms with Crippen LogP contribution < -0.4 is 0 Å². The molecule has 0 bridgehead atoms. The van der Waals surface area contributed by atoms with Crippen LogP contribution in [0, 0.1) is 21.4 Å². The van der Waals surface area contributed by atoms with Crippen LogP contribution >= 0.6 is 0 Å². The topological polar surface area (TPSA) is 87.2 Å². The van der Waals surface area contributed by atoms with Gasteiger partial charge in [0.1, 0.15) is 11.6 Å². The Morgan fingerprint density at radius 1 is 1.59 bits per heavy atom. The number of aliphatic hydroxyl groups is 1. The van der Waals surface area contributed by atoms with E-state index in [1.165, 1.54) is 12.1 Å². The molecule has 2 unspecified atom stereocenters. The first kappa shape index (κ1) is 13.1. The summed E-state index contributed by atoms with van der Waals surface area (Å²) >= 11 is 0. The fourth-order valence-electron chi connectivity index (χ4n) is 1.66. The van der Waals surface area contributed by atoms with Gasteiger partial charge in [0.15, 0.2) is 0 Å². The molecule has 1 aromatic carbocycles. The fraction of sp³-hybridized carbons (Fsp3) is 0.417. The van der Waals surface area contributed by atoms with Crippen LogP contribution in [0.5, 0.6) is 0 Å². The van der Waals surface area contributed by atoms with Crippen molar-refractivity contribution in [1.82, 2.24) is 0 Å². The number of nitriles is 1. The van der Waals surface area contributed by atoms with E-state index in [1.807, 2.05) is 13.8 Å². The minimum Gasteiger partial charge on any atom is -0.393 e. The van der Waals surface area contributed by atoms with Gasteiger partial charge in [-0.1, -0.05) is 19.9 Å². The van der Waals surface area contributed by atoms with Crippen molar-refractivity contribution in [2.45, 2.75) is 32.3 Å². The Morgan fingerprint density at radius 3 is 2.71 bits per heavy atom. The minimum atomic E-state index is -0.580. The monoisotopic (exact) mass is 234 g/mol. The predicted molar refractivity (Wildman–Crippen MR) is 62.5 cm³/mol. The van der Waals surface area contributed by atoms with E-state index < -0.39 is 11.0 Å². The predicted octanol–water partition coefficient (Wildman–Crippen LogP) is 2.34. The molecule has 0 heterocycles. The van der Waals surface area contributed by atoms with Gasteiger partial charge in [0.05, 0.1) is 11.0 Å². The average Bonchev–Trinajstić information content (AvgIpc) is 2.35. The molecule has 1 aromatic rings. The Labute approximate surface area is 99.5 Å². The molecule has 0 amide bonds. The van der Waals surface area contributed by atoms with Gasteiger partial charge in [0.2, 0.25) is 0 Å². The van der Waals surface area contributed by atoms with Crippen LogP contribution in [0.4, 0.5) is 5.69 Å². The minimum absolute atomic E-state index is 0.0302. The number of nitro benzene ring substituents is 1. The first-order valence-electron chi connectivity index (χ1n) is 5.37. The van der Waals surface area contributed by atoms with Gasteiger partial charge in [0, 0.05) is 12.0 Å². The number of hydrogen-bond acceptors (Lipinski definition) is 4. The maximum absolute atomic E-state index is 10.7. The standard InChI is InChI=1S/C12H14N2O3/c1-3-12(15)8(2)9-4-5-11(14(16)17)10(6-9)7-13/h4-6,8,12,15H,3H2,1-2H3. The zero-order valence-corrected chi connectivity index (χ0v) is 9.75. The van der Waals surface area contributed by atoms with Crippen molar-refractivity contribution in [3.05, 3.63) is 39.4 Å². The Bertz CT molecular complexity index is 465. The van der Waals surface area contributed by atoms with Gasteiger partial charge in [-0.15, -0.1) is 0 Å². The molecule has 0 saturated heterocycles. The third-order valence-electron chi connectivity index (χ3n) is 2.86. The molecule has 0 fully saturated rings. The molecule has 1 rings (SSSR count). The molecule has 0 aromatic heterocycles. The Balaban J connectivity index is 3.15. The van der Waals surface area contributed by atoms with Crippen LogP contribution in [0.2, 0.25) is 0 Å². The second-order valence-corrected chi connectivity index (χ2v) is 3.91. The molecule has 2 atom stereocenters. The number of nitro groups is 1. The number of rotatable bonds is 4. The van der Waals surface area contributed by atoms with Crippen LogP contribution in [0.3, 0.4) is 0 Å². The van der Waals surface area contributed by atoms with E-state index in [0.29, 0.717) is 6.42 Å². The molecule has 5 heteroatoms. The average molecular weight is 234 g/mol. The third kappa shape index (κ3) is 2.80. The van der Waals surface area contributed by atoms with Gasteiger partial charge < -0.3 is 5.11 Å². The second-order valence-electron chi connectivity index (χ2n) is 3.91. The first-order chi connectivity index (χ1) is 8.01. The normalized spacial score (nSPS) is 13.8. The van der Waals surface area contributed by atoms with Crippen molar-refractivity contribution in [1.29, 1.82) is 5.26 Å². The van der Waals surface area contributed by atoms with E-state index in [2.05, 4.69) is 0 Å². The van der Waals surface area contributed by atoms with E-state index >= 15 is 0 Å². The lowest BCUT2D eigenvalue weighted by atomic mass is 9.92. The molecule has 0 saturated carbocycles. The number of hydrogen-bond donors (Lipinski definition) is 1. The van der Waals surface area contributed by atoms with Crippen molar-refractivity contribution in [2.75, 3.05) is 0 Å². The zero-order chi connectivity index (χ0) is 13.0. The molecular formula is C12H14N2O3. The molecular weight excluding hydrogens is 220 g/mol. The first-order valence-corrected chi connectivity index (χ1v) is 5.37. The van der Waals surface area contributed by atoms with Crippen LogP contribution in [0.1, 0.15) is 37.3 Å². The van der Waals surface area contributed by atoms with Gasteiger partial charge in [-0.2, -0.15) is 5.26 Å². The molecule has 0 aliphatic heterocycles. The lowest BCUT2D eigenvalue weighted by Crippen LogP contribution is -2.14. The Hall–Kier alpha value is -1.93. The molecule has 5 nitrogen and oxygen atoms in total. The summed E-state index contributed by atoms with van der Waals surface area (Å²) in [5.74, 6) is -0.145. The van der Waals surface area contributed by atoms with Crippen LogP contribution in [-0.4, -0.2) is 16.1 Å². The maximum Gasteiger partial charge on any atom is 0.287 e. The third-order valence-corrected chi connectivity index (χ3v) is 2.86. The summed E-state index contributed by atoms with van der Waals surface area (Å²) in [4.78, 5) is 10.1. The lowest BCUT2D eigenvalue weighted by Gasteiger charge is -2.17. The summed E-state index contributed by atoms with van der Waals surface area (Å²) in [6.45, 7) is 3.69. The van der Waals surface area contributed by atoms with Gasteiger partial charge in [-0.25, -0.2) is 0 Å². The second kappa shape index (κ2) is 5.41. The summed E-state index contributed by atoms with van der Waals surface area (Å²) in [6, 6.07) is 6.18. The van der Waals surface area contributed by atoms with E-state index in [4.69, 9.17) is 5.26 Å². The quantitative estimate of drug-likeness (QED) is 0.639. The highest BCUT2D eigenvalue weighted by Gasteiger charge is 2.19. The Morgan fingerprint density at radius 2 is 2.24 bits per heavy atom. The highest BCUT2D eigenvalue weighted by Crippen LogP contribution is 2.26. The molecule has 1 N–H and O–H groups in total. The van der Waals surface area contributed by atoms with Gasteiger partial charge in [-0.05, 0) is 18.1 Å². The molecule has 0 aliphatic rings. The smallest absolute Gasteiger partial charge is 0.287 e. The summed E-state index contributed by atoms with van der Waals surface area (Å²) < 4.78 is 0. The SMILES string of the molecule is CCC(O)C(C)c1ccc([N+](=O)[O-])c(C#N)c1. The molecule has 0 spiro atoms. The van der Waals surface area contributed by atoms with E-state index in [1.54, 1.807) is 12.1 Å². The van der Waals surface area contributed by atoms with E-state index in [9.17, 15) is 15.2 Å². The molecule has 17 heavy (non-hydrogen) atoms. The lowest BCUT2D eigenvalue weighted by molar-refractivity contribution is -0.385. The van der Waals surface area contributed by atoms with Crippen molar-refractivity contribution in [2.24, 2.45) is 0 Å². The van der Waals surface area contributed by atoms with Crippen molar-refractivity contribution >= 4 is 5.69 Å². The van der Waals surface area contributed by atoms with Gasteiger partial charge in [0.25, 0.3) is 5.69 Å². The maximum atomic E-state index is 10.7. The molecule has 0 aliphatic carbocycles. The highest BCUT2D eigenvalue weighted by molar-refractivity contribution is 5.50. The van der Waals surface area contributed by atoms with Crippen molar-refractivity contribution < 1.29 is 10.0 Å². The summed E-state index contributed by atoms with van der Waals surface area (Å²) in [6.07, 6.45) is 0.0862.